The van der Waals surface area contributed by atoms with Crippen LogP contribution in [-0.2, 0) is 0 Å². The topological polar surface area (TPSA) is 76.5 Å². The number of nitrogens with two attached hydrogens (primary N) is 1. The largest absolute Gasteiger partial charge is 1.00 e. The number of hydrogen-bond donors (Lipinski definition) is 1. The summed E-state index contributed by atoms with van der Waals surface area (Å²) in [5.41, 5.74) is 5.97. The van der Waals surface area contributed by atoms with Crippen molar-refractivity contribution >= 4 is 17.4 Å². The van der Waals surface area contributed by atoms with Crippen LogP contribution < -0.4 is 68.0 Å². The van der Waals surface area contributed by atoms with Crippen molar-refractivity contribution in [3.63, 3.8) is 0 Å². The summed E-state index contributed by atoms with van der Waals surface area (Å²) in [6, 6.07) is 0. The molecule has 1 aliphatic heterocycles. The minimum absolute atomic E-state index is 0. The van der Waals surface area contributed by atoms with Gasteiger partial charge < -0.3 is 7.16 Å². The molecule has 7 heteroatoms. The number of hydrogen-bond acceptors (Lipinski definition) is 5. The summed E-state index contributed by atoms with van der Waals surface area (Å²) >= 11 is 5.52. The number of fused-ring (bicyclic) bond motifs is 1. The predicted molar refractivity (Wildman–Crippen MR) is 39.7 cm³/mol. The Morgan fingerprint density at radius 1 is 1.33 bits per heavy atom. The molecular formula is C5H5ClKN5. The molecule has 2 rings (SSSR count). The van der Waals surface area contributed by atoms with Crippen molar-refractivity contribution in [2.75, 3.05) is 12.4 Å². The van der Waals surface area contributed by atoms with E-state index < -0.39 is 0 Å². The molecule has 1 aliphatic rings. The van der Waals surface area contributed by atoms with E-state index >= 15 is 0 Å². The van der Waals surface area contributed by atoms with Crippen LogP contribution in [0.5, 0.6) is 0 Å². The molecule has 0 saturated heterocycles. The number of nitrogens with zero attached hydrogens (tertiary/aromatic N) is 4. The van der Waals surface area contributed by atoms with Gasteiger partial charge in [0.2, 0.25) is 5.28 Å². The van der Waals surface area contributed by atoms with Gasteiger partial charge in [0, 0.05) is 0 Å². The van der Waals surface area contributed by atoms with E-state index in [1.54, 1.807) is 0 Å². The maximum absolute atomic E-state index is 5.52. The quantitative estimate of drug-likeness (QED) is 0.350. The van der Waals surface area contributed by atoms with Gasteiger partial charge in [-0.3, -0.25) is 4.99 Å². The number of aromatic nitrogens is 2. The van der Waals surface area contributed by atoms with Crippen LogP contribution in [0.3, 0.4) is 0 Å². The second kappa shape index (κ2) is 4.08. The molecule has 0 fully saturated rings. The van der Waals surface area contributed by atoms with E-state index in [9.17, 15) is 0 Å². The van der Waals surface area contributed by atoms with Crippen molar-refractivity contribution in [1.82, 2.24) is 9.97 Å². The van der Waals surface area contributed by atoms with Crippen LogP contribution in [0.25, 0.3) is 0 Å². The zero-order chi connectivity index (χ0) is 7.84. The molecule has 0 unspecified atom stereocenters. The molecule has 0 atom stereocenters. The Morgan fingerprint density at radius 2 is 2.08 bits per heavy atom. The molecule has 2 heterocycles. The van der Waals surface area contributed by atoms with Gasteiger partial charge in [0.25, 0.3) is 0 Å². The molecule has 0 bridgehead atoms. The third kappa shape index (κ3) is 1.83. The minimum atomic E-state index is 0. The summed E-state index contributed by atoms with van der Waals surface area (Å²) in [6.45, 7) is 0.370. The van der Waals surface area contributed by atoms with Crippen LogP contribution >= 0.6 is 11.6 Å². The van der Waals surface area contributed by atoms with Gasteiger partial charge in [-0.1, -0.05) is 0 Å². The van der Waals surface area contributed by atoms with Gasteiger partial charge in [-0.25, -0.2) is 4.99 Å². The molecule has 0 saturated carbocycles. The fourth-order valence-electron chi connectivity index (χ4n) is 0.867. The standard InChI is InChI=1S/C5H4ClN5.K.H/c6-5-10-3(7)2-4(11-5)9-1-8-2;;/h1H2,(H2,7,9,10,11);;/q;+1;-1. The molecule has 12 heavy (non-hydrogen) atoms. The van der Waals surface area contributed by atoms with Gasteiger partial charge in [-0.05, 0) is 11.6 Å². The Morgan fingerprint density at radius 3 is 2.83 bits per heavy atom. The second-order valence-corrected chi connectivity index (χ2v) is 2.35. The van der Waals surface area contributed by atoms with Gasteiger partial charge >= 0.3 is 51.4 Å². The van der Waals surface area contributed by atoms with Crippen molar-refractivity contribution in [3.8, 4) is 0 Å². The molecule has 5 nitrogen and oxygen atoms in total. The molecule has 58 valence electrons. The van der Waals surface area contributed by atoms with E-state index in [2.05, 4.69) is 20.0 Å². The summed E-state index contributed by atoms with van der Waals surface area (Å²) in [4.78, 5) is 15.5. The van der Waals surface area contributed by atoms with Gasteiger partial charge in [0.15, 0.2) is 11.3 Å². The number of nitrogen functional groups attached to an aromatic ring is 1. The molecule has 0 radical (unpaired) electrons. The molecule has 0 amide bonds. The molecular weight excluding hydrogens is 205 g/mol. The summed E-state index contributed by atoms with van der Waals surface area (Å²) in [6.07, 6.45) is 0. The maximum atomic E-state index is 5.52. The molecule has 0 spiro atoms. The summed E-state index contributed by atoms with van der Waals surface area (Å²) < 4.78 is 0. The Bertz CT molecular complexity index is 422. The molecule has 1 aromatic rings. The fraction of sp³-hybridized carbons (Fsp3) is 0.200. The first kappa shape index (κ1) is 10.5. The van der Waals surface area contributed by atoms with Crippen molar-refractivity contribution in [3.05, 3.63) is 16.1 Å². The third-order valence-corrected chi connectivity index (χ3v) is 1.48. The SMILES string of the molecule is Nc1nc(Cl)nc2c1=NCN=2.[H-].[K+]. The smallest absolute Gasteiger partial charge is 1.00 e. The summed E-state index contributed by atoms with van der Waals surface area (Å²) in [7, 11) is 0. The van der Waals surface area contributed by atoms with Crippen LogP contribution in [0.2, 0.25) is 5.28 Å². The van der Waals surface area contributed by atoms with Crippen LogP contribution in [-0.4, -0.2) is 16.6 Å². The van der Waals surface area contributed by atoms with Crippen LogP contribution in [0.15, 0.2) is 9.98 Å². The number of rotatable bonds is 0. The zero-order valence-corrected chi connectivity index (χ0v) is 10.3. The fourth-order valence-corrected chi connectivity index (χ4v) is 1.04. The molecule has 0 aromatic carbocycles. The van der Waals surface area contributed by atoms with Gasteiger partial charge in [-0.15, -0.1) is 0 Å². The van der Waals surface area contributed by atoms with E-state index in [1.807, 2.05) is 0 Å². The third-order valence-electron chi connectivity index (χ3n) is 1.31. The maximum Gasteiger partial charge on any atom is 1.00 e. The molecule has 2 N–H and O–H groups in total. The van der Waals surface area contributed by atoms with Gasteiger partial charge in [-0.2, -0.15) is 9.97 Å². The average molecular weight is 210 g/mol. The van der Waals surface area contributed by atoms with E-state index in [1.165, 1.54) is 0 Å². The Balaban J connectivity index is 0.000000720. The van der Waals surface area contributed by atoms with Gasteiger partial charge in [0.1, 0.15) is 12.0 Å². The van der Waals surface area contributed by atoms with Crippen molar-refractivity contribution in [2.45, 2.75) is 0 Å². The Hall–Kier alpha value is 0.406. The number of anilines is 1. The monoisotopic (exact) mass is 209 g/mol. The van der Waals surface area contributed by atoms with E-state index in [0.29, 0.717) is 23.3 Å². The first-order valence-electron chi connectivity index (χ1n) is 2.95. The van der Waals surface area contributed by atoms with Crippen molar-refractivity contribution < 1.29 is 52.8 Å². The normalized spacial score (nSPS) is 12.4. The Labute approximate surface area is 117 Å². The summed E-state index contributed by atoms with van der Waals surface area (Å²) in [5, 5.41) is 0.663. The van der Waals surface area contributed by atoms with Crippen molar-refractivity contribution in [1.29, 1.82) is 0 Å². The molecule has 1 aromatic heterocycles. The number of halogens is 1. The summed E-state index contributed by atoms with van der Waals surface area (Å²) in [5.74, 6) is 0.293. The van der Waals surface area contributed by atoms with E-state index in [4.69, 9.17) is 17.3 Å². The van der Waals surface area contributed by atoms with Crippen LogP contribution in [0.4, 0.5) is 5.82 Å². The van der Waals surface area contributed by atoms with E-state index in [0.717, 1.165) is 0 Å². The predicted octanol–water partition coefficient (Wildman–Crippen LogP) is -3.96. The van der Waals surface area contributed by atoms with Crippen LogP contribution in [0.1, 0.15) is 1.43 Å². The minimum Gasteiger partial charge on any atom is -1.00 e. The first-order chi connectivity index (χ1) is 5.27. The molecule has 0 aliphatic carbocycles. The van der Waals surface area contributed by atoms with Crippen LogP contribution in [0, 0.1) is 0 Å². The second-order valence-electron chi connectivity index (χ2n) is 2.01. The average Bonchev–Trinajstić information content (AvgIpc) is 2.34. The van der Waals surface area contributed by atoms with Crippen molar-refractivity contribution in [2.24, 2.45) is 9.98 Å². The van der Waals surface area contributed by atoms with Gasteiger partial charge in [0.05, 0.1) is 0 Å². The Kier molecular flexibility index (Phi) is 3.56. The first-order valence-corrected chi connectivity index (χ1v) is 3.33. The zero-order valence-electron chi connectivity index (χ0n) is 7.45. The van der Waals surface area contributed by atoms with E-state index in [-0.39, 0.29) is 58.1 Å².